The fraction of sp³-hybridized carbons (Fsp3) is 0.455. The molecule has 1 amide bonds. The van der Waals surface area contributed by atoms with Crippen molar-refractivity contribution in [3.63, 3.8) is 0 Å². The zero-order valence-electron chi connectivity index (χ0n) is 17.1. The molecule has 2 aliphatic heterocycles. The van der Waals surface area contributed by atoms with Gasteiger partial charge >= 0.3 is 0 Å². The van der Waals surface area contributed by atoms with Crippen LogP contribution in [0.25, 0.3) is 0 Å². The van der Waals surface area contributed by atoms with Gasteiger partial charge in [0.15, 0.2) is 15.3 Å². The van der Waals surface area contributed by atoms with Gasteiger partial charge in [0.25, 0.3) is 0 Å². The standard InChI is InChI=1S/C22H26FN3O4S/c23-19-5-3-17(4-6-19)21-12-18(22(27)25-13-16-7-10-30-11-8-16)15-26(21)31(28,29)20-2-1-9-24-14-20/h1-6,9,14,16,18,21H,7-8,10-13,15H2,(H-,25,27,28,29)/t18-,21+/m1/s1. The monoisotopic (exact) mass is 447 g/mol. The summed E-state index contributed by atoms with van der Waals surface area (Å²) in [7, 11) is -3.87. The molecule has 1 aromatic carbocycles. The Labute approximate surface area is 182 Å². The molecule has 0 spiro atoms. The molecule has 166 valence electrons. The topological polar surface area (TPSA) is 94.6 Å². The van der Waals surface area contributed by atoms with E-state index in [1.54, 1.807) is 18.2 Å². The molecule has 3 atom stereocenters. The number of benzene rings is 1. The number of amides is 1. The first kappa shape index (κ1) is 22.0. The summed E-state index contributed by atoms with van der Waals surface area (Å²) in [5, 5.41) is 3.00. The molecule has 0 radical (unpaired) electrons. The number of nitrogens with one attached hydrogen (secondary N) is 1. The molecule has 0 bridgehead atoms. The molecule has 7 nitrogen and oxygen atoms in total. The largest absolute Gasteiger partial charge is 0.593 e. The van der Waals surface area contributed by atoms with E-state index in [2.05, 4.69) is 10.3 Å². The van der Waals surface area contributed by atoms with Crippen LogP contribution in [0, 0.1) is 17.7 Å². The Kier molecular flexibility index (Phi) is 6.76. The Balaban J connectivity index is 1.53. The molecule has 9 heteroatoms. The molecule has 4 rings (SSSR count). The second-order valence-corrected chi connectivity index (χ2v) is 9.95. The maximum absolute atomic E-state index is 13.4. The summed E-state index contributed by atoms with van der Waals surface area (Å²) in [5.41, 5.74) is 0.661. The van der Waals surface area contributed by atoms with Gasteiger partial charge in [-0.1, -0.05) is 16.3 Å². The van der Waals surface area contributed by atoms with Crippen LogP contribution in [0.1, 0.15) is 30.9 Å². The molecule has 1 N–H and O–H groups in total. The SMILES string of the molecule is O=C(NCC1CCOCC1)[C@@H]1C[C@@H](c2ccc(F)cc2)N([S+](=O)([O-])c2cccnc2)C1. The van der Waals surface area contributed by atoms with Crippen molar-refractivity contribution >= 4 is 16.3 Å². The molecule has 2 aromatic rings. The highest BCUT2D eigenvalue weighted by atomic mass is 32.3. The molecule has 0 aliphatic carbocycles. The second kappa shape index (κ2) is 9.52. The van der Waals surface area contributed by atoms with E-state index in [1.807, 2.05) is 0 Å². The molecule has 31 heavy (non-hydrogen) atoms. The summed E-state index contributed by atoms with van der Waals surface area (Å²) in [6.07, 6.45) is 4.96. The lowest BCUT2D eigenvalue weighted by molar-refractivity contribution is -0.124. The van der Waals surface area contributed by atoms with Gasteiger partial charge in [-0.05, 0) is 55.0 Å². The van der Waals surface area contributed by atoms with E-state index in [0.29, 0.717) is 37.7 Å². The van der Waals surface area contributed by atoms with E-state index >= 15 is 0 Å². The summed E-state index contributed by atoms with van der Waals surface area (Å²) in [6, 6.07) is 8.27. The fourth-order valence-electron chi connectivity index (χ4n) is 4.22. The number of halogens is 1. The van der Waals surface area contributed by atoms with Crippen molar-refractivity contribution in [1.29, 1.82) is 0 Å². The van der Waals surface area contributed by atoms with Crippen molar-refractivity contribution in [2.45, 2.75) is 30.2 Å². The third-order valence-electron chi connectivity index (χ3n) is 6.03. The van der Waals surface area contributed by atoms with Crippen LogP contribution in [-0.2, 0) is 24.1 Å². The smallest absolute Gasteiger partial charge is 0.224 e. The Morgan fingerprint density at radius 1 is 1.26 bits per heavy atom. The van der Waals surface area contributed by atoms with E-state index in [1.165, 1.54) is 34.9 Å². The van der Waals surface area contributed by atoms with Crippen LogP contribution in [0.15, 0.2) is 53.7 Å². The number of carbonyl (C=O) groups excluding carboxylic acids is 1. The van der Waals surface area contributed by atoms with Gasteiger partial charge in [0.1, 0.15) is 5.82 Å². The summed E-state index contributed by atoms with van der Waals surface area (Å²) in [4.78, 5) is 16.9. The third kappa shape index (κ3) is 5.01. The predicted molar refractivity (Wildman–Crippen MR) is 112 cm³/mol. The summed E-state index contributed by atoms with van der Waals surface area (Å²) < 4.78 is 46.8. The highest BCUT2D eigenvalue weighted by Crippen LogP contribution is 2.41. The van der Waals surface area contributed by atoms with Gasteiger partial charge < -0.3 is 14.6 Å². The molecule has 2 saturated heterocycles. The van der Waals surface area contributed by atoms with Crippen LogP contribution in [-0.4, -0.2) is 46.1 Å². The van der Waals surface area contributed by atoms with E-state index in [9.17, 15) is 17.9 Å². The predicted octanol–water partition coefficient (Wildman–Crippen LogP) is 2.73. The average Bonchev–Trinajstić information content (AvgIpc) is 3.26. The van der Waals surface area contributed by atoms with E-state index in [0.717, 1.165) is 12.8 Å². The number of aromatic nitrogens is 1. The maximum atomic E-state index is 13.4. The summed E-state index contributed by atoms with van der Waals surface area (Å²) in [6.45, 7) is 2.04. The van der Waals surface area contributed by atoms with Gasteiger partial charge in [-0.2, -0.15) is 0 Å². The average molecular weight is 448 g/mol. The van der Waals surface area contributed by atoms with Crippen molar-refractivity contribution in [3.05, 3.63) is 60.2 Å². The lowest BCUT2D eigenvalue weighted by atomic mass is 9.98. The minimum Gasteiger partial charge on any atom is -0.593 e. The van der Waals surface area contributed by atoms with Crippen molar-refractivity contribution in [1.82, 2.24) is 14.6 Å². The quantitative estimate of drug-likeness (QED) is 0.687. The first-order chi connectivity index (χ1) is 14.9. The van der Waals surface area contributed by atoms with Crippen molar-refractivity contribution in [3.8, 4) is 0 Å². The first-order valence-electron chi connectivity index (χ1n) is 10.5. The van der Waals surface area contributed by atoms with E-state index in [-0.39, 0.29) is 17.3 Å². The van der Waals surface area contributed by atoms with Gasteiger partial charge in [-0.25, -0.2) is 4.39 Å². The van der Waals surface area contributed by atoms with Crippen LogP contribution >= 0.6 is 0 Å². The second-order valence-electron chi connectivity index (χ2n) is 8.06. The molecule has 0 saturated carbocycles. The van der Waals surface area contributed by atoms with Crippen LogP contribution in [0.5, 0.6) is 0 Å². The number of hydrogen-bond donors (Lipinski definition) is 1. The normalized spacial score (nSPS) is 24.6. The van der Waals surface area contributed by atoms with Crippen molar-refractivity contribution < 1.29 is 22.7 Å². The maximum Gasteiger partial charge on any atom is 0.224 e. The number of sulfonamides is 1. The first-order valence-corrected chi connectivity index (χ1v) is 11.9. The van der Waals surface area contributed by atoms with Crippen molar-refractivity contribution in [2.75, 3.05) is 26.3 Å². The molecule has 2 fully saturated rings. The molecule has 3 heterocycles. The highest BCUT2D eigenvalue weighted by molar-refractivity contribution is 7.95. The minimum atomic E-state index is -3.87. The Bertz CT molecular complexity index is 938. The number of pyridine rings is 1. The van der Waals surface area contributed by atoms with Crippen LogP contribution in [0.3, 0.4) is 0 Å². The Hall–Kier alpha value is -2.20. The Morgan fingerprint density at radius 2 is 2.00 bits per heavy atom. The molecular formula is C22H26FN3O4S. The van der Waals surface area contributed by atoms with E-state index in [4.69, 9.17) is 4.74 Å². The molecular weight excluding hydrogens is 421 g/mol. The van der Waals surface area contributed by atoms with E-state index < -0.39 is 28.2 Å². The summed E-state index contributed by atoms with van der Waals surface area (Å²) >= 11 is 0. The Morgan fingerprint density at radius 3 is 2.68 bits per heavy atom. The fourth-order valence-corrected chi connectivity index (χ4v) is 5.86. The number of hydrogen-bond acceptors (Lipinski definition) is 5. The zero-order valence-corrected chi connectivity index (χ0v) is 17.9. The van der Waals surface area contributed by atoms with Gasteiger partial charge in [0.05, 0.1) is 24.7 Å². The van der Waals surface area contributed by atoms with Gasteiger partial charge in [-0.15, -0.1) is 4.31 Å². The highest BCUT2D eigenvalue weighted by Gasteiger charge is 2.47. The lowest BCUT2D eigenvalue weighted by Gasteiger charge is -2.28. The number of carbonyl (C=O) groups is 1. The number of nitrogens with zero attached hydrogens (tertiary/aromatic N) is 2. The van der Waals surface area contributed by atoms with Gasteiger partial charge in [-0.3, -0.25) is 9.78 Å². The molecule has 1 aromatic heterocycles. The number of ether oxygens (including phenoxy) is 1. The minimum absolute atomic E-state index is 0.0683. The number of rotatable bonds is 6. The third-order valence-corrected chi connectivity index (χ3v) is 7.89. The molecule has 2 aliphatic rings. The van der Waals surface area contributed by atoms with Crippen LogP contribution in [0.2, 0.25) is 0 Å². The summed E-state index contributed by atoms with van der Waals surface area (Å²) in [5.74, 6) is -0.653. The zero-order chi connectivity index (χ0) is 21.8. The van der Waals surface area contributed by atoms with Gasteiger partial charge in [0.2, 0.25) is 5.91 Å². The van der Waals surface area contributed by atoms with Gasteiger partial charge in [0, 0.05) is 26.0 Å². The van der Waals surface area contributed by atoms with Crippen LogP contribution in [0.4, 0.5) is 4.39 Å². The van der Waals surface area contributed by atoms with Crippen molar-refractivity contribution in [2.24, 2.45) is 11.8 Å². The lowest BCUT2D eigenvalue weighted by Crippen LogP contribution is -2.39. The van der Waals surface area contributed by atoms with Crippen LogP contribution < -0.4 is 5.32 Å². The molecule has 1 unspecified atom stereocenters.